The predicted molar refractivity (Wildman–Crippen MR) is 60.8 cm³/mol. The average Bonchev–Trinajstić information content (AvgIpc) is 2.22. The van der Waals surface area contributed by atoms with E-state index in [1.807, 2.05) is 6.92 Å². The van der Waals surface area contributed by atoms with Crippen LogP contribution in [0.2, 0.25) is 0 Å². The lowest BCUT2D eigenvalue weighted by molar-refractivity contribution is -0.522. The van der Waals surface area contributed by atoms with Gasteiger partial charge in [-0.05, 0) is 18.9 Å². The van der Waals surface area contributed by atoms with Crippen LogP contribution in [0.15, 0.2) is 23.8 Å². The lowest BCUT2D eigenvalue weighted by Crippen LogP contribution is -2.19. The zero-order valence-electron chi connectivity index (χ0n) is 9.55. The van der Waals surface area contributed by atoms with Gasteiger partial charge in [-0.25, -0.2) is 4.79 Å². The van der Waals surface area contributed by atoms with Crippen molar-refractivity contribution in [3.63, 3.8) is 0 Å². The van der Waals surface area contributed by atoms with Gasteiger partial charge in [-0.2, -0.15) is 0 Å². The number of carboxylic acids is 1. The number of nitrogens with zero attached hydrogens (tertiary/aromatic N) is 1. The molecule has 0 saturated carbocycles. The minimum atomic E-state index is -1.05. The summed E-state index contributed by atoms with van der Waals surface area (Å²) in [5.74, 6) is -1.05. The Balaban J connectivity index is 4.51. The number of carbonyl (C=O) groups is 1. The normalized spacial score (nSPS) is 14.0. The van der Waals surface area contributed by atoms with Gasteiger partial charge in [0.2, 0.25) is 6.04 Å². The second-order valence-corrected chi connectivity index (χ2v) is 3.47. The molecule has 1 atom stereocenters. The topological polar surface area (TPSA) is 80.4 Å². The summed E-state index contributed by atoms with van der Waals surface area (Å²) in [6, 6.07) is -0.630. The van der Waals surface area contributed by atoms with Crippen LogP contribution in [0.3, 0.4) is 0 Å². The second kappa shape index (κ2) is 7.62. The summed E-state index contributed by atoms with van der Waals surface area (Å²) in [5.41, 5.74) is 0.678. The van der Waals surface area contributed by atoms with E-state index in [2.05, 4.69) is 0 Å². The Morgan fingerprint density at radius 1 is 1.50 bits per heavy atom. The molecule has 0 aliphatic carbocycles. The maximum atomic E-state index is 10.7. The number of hydrogen-bond donors (Lipinski definition) is 1. The minimum Gasteiger partial charge on any atom is -0.478 e. The van der Waals surface area contributed by atoms with E-state index in [1.165, 1.54) is 6.08 Å². The fraction of sp³-hybridized carbons (Fsp3) is 0.545. The molecule has 0 aliphatic rings. The molecule has 0 spiro atoms. The van der Waals surface area contributed by atoms with Gasteiger partial charge in [0.15, 0.2) is 0 Å². The highest BCUT2D eigenvalue weighted by Crippen LogP contribution is 2.14. The van der Waals surface area contributed by atoms with E-state index in [0.717, 1.165) is 12.5 Å². The van der Waals surface area contributed by atoms with Crippen molar-refractivity contribution < 1.29 is 14.8 Å². The summed E-state index contributed by atoms with van der Waals surface area (Å²) in [4.78, 5) is 20.7. The third kappa shape index (κ3) is 5.95. The molecule has 5 heteroatoms. The van der Waals surface area contributed by atoms with E-state index in [1.54, 1.807) is 13.0 Å². The van der Waals surface area contributed by atoms with Crippen molar-refractivity contribution in [3.8, 4) is 0 Å². The maximum Gasteiger partial charge on any atom is 0.328 e. The lowest BCUT2D eigenvalue weighted by Gasteiger charge is -2.08. The average molecular weight is 227 g/mol. The Morgan fingerprint density at radius 2 is 2.12 bits per heavy atom. The molecule has 0 amide bonds. The van der Waals surface area contributed by atoms with E-state index in [4.69, 9.17) is 5.11 Å². The van der Waals surface area contributed by atoms with E-state index >= 15 is 0 Å². The molecule has 0 bridgehead atoms. The zero-order valence-corrected chi connectivity index (χ0v) is 9.55. The number of allylic oxidation sites excluding steroid dienone is 2. The van der Waals surface area contributed by atoms with Crippen LogP contribution in [0.1, 0.15) is 33.1 Å². The molecule has 5 nitrogen and oxygen atoms in total. The van der Waals surface area contributed by atoms with Crippen molar-refractivity contribution in [3.05, 3.63) is 33.9 Å². The molecule has 0 rings (SSSR count). The van der Waals surface area contributed by atoms with Crippen LogP contribution in [0.5, 0.6) is 0 Å². The first-order valence-corrected chi connectivity index (χ1v) is 5.20. The SMILES string of the molecule is C/C=C(/C=C/C(=O)O)CC(CCC)[N+](=O)[O-]. The fourth-order valence-corrected chi connectivity index (χ4v) is 1.35. The number of carboxylic acid groups (broad SMARTS) is 1. The quantitative estimate of drug-likeness (QED) is 0.313. The Morgan fingerprint density at radius 3 is 2.50 bits per heavy atom. The Hall–Kier alpha value is -1.65. The molecule has 0 aromatic carbocycles. The molecular formula is C11H17NO4. The van der Waals surface area contributed by atoms with E-state index in [0.29, 0.717) is 12.0 Å². The van der Waals surface area contributed by atoms with Gasteiger partial charge < -0.3 is 5.11 Å². The molecule has 0 heterocycles. The largest absolute Gasteiger partial charge is 0.478 e. The highest BCUT2D eigenvalue weighted by Gasteiger charge is 2.19. The van der Waals surface area contributed by atoms with E-state index < -0.39 is 12.0 Å². The summed E-state index contributed by atoms with van der Waals surface area (Å²) in [5, 5.41) is 19.2. The molecule has 0 fully saturated rings. The fourth-order valence-electron chi connectivity index (χ4n) is 1.35. The number of aliphatic carboxylic acids is 1. The third-order valence-electron chi connectivity index (χ3n) is 2.20. The number of nitro groups is 1. The summed E-state index contributed by atoms with van der Waals surface area (Å²) in [6.07, 6.45) is 5.63. The molecule has 0 aromatic rings. The van der Waals surface area contributed by atoms with Crippen LogP contribution in [-0.4, -0.2) is 22.0 Å². The summed E-state index contributed by atoms with van der Waals surface area (Å²) in [6.45, 7) is 3.63. The Labute approximate surface area is 94.6 Å². The Bertz CT molecular complexity index is 307. The van der Waals surface area contributed by atoms with E-state index in [9.17, 15) is 14.9 Å². The summed E-state index contributed by atoms with van der Waals surface area (Å²) in [7, 11) is 0. The molecule has 0 radical (unpaired) electrons. The van der Waals surface area contributed by atoms with Crippen LogP contribution >= 0.6 is 0 Å². The molecule has 16 heavy (non-hydrogen) atoms. The van der Waals surface area contributed by atoms with Crippen molar-refractivity contribution in [2.45, 2.75) is 39.2 Å². The lowest BCUT2D eigenvalue weighted by atomic mass is 10.0. The van der Waals surface area contributed by atoms with E-state index in [-0.39, 0.29) is 11.3 Å². The Kier molecular flexibility index (Phi) is 6.83. The first-order chi connectivity index (χ1) is 7.51. The van der Waals surface area contributed by atoms with Gasteiger partial charge in [-0.1, -0.05) is 19.1 Å². The second-order valence-electron chi connectivity index (χ2n) is 3.47. The van der Waals surface area contributed by atoms with Gasteiger partial charge in [-0.3, -0.25) is 10.1 Å². The van der Waals surface area contributed by atoms with Crippen LogP contribution in [0.4, 0.5) is 0 Å². The van der Waals surface area contributed by atoms with Gasteiger partial charge in [0, 0.05) is 23.8 Å². The summed E-state index contributed by atoms with van der Waals surface area (Å²) >= 11 is 0. The number of rotatable bonds is 7. The first-order valence-electron chi connectivity index (χ1n) is 5.20. The van der Waals surface area contributed by atoms with Gasteiger partial charge in [0.1, 0.15) is 0 Å². The van der Waals surface area contributed by atoms with Crippen LogP contribution in [0, 0.1) is 10.1 Å². The molecule has 90 valence electrons. The molecule has 1 N–H and O–H groups in total. The first kappa shape index (κ1) is 14.3. The third-order valence-corrected chi connectivity index (χ3v) is 2.20. The number of hydrogen-bond acceptors (Lipinski definition) is 3. The summed E-state index contributed by atoms with van der Waals surface area (Å²) < 4.78 is 0. The van der Waals surface area contributed by atoms with Crippen LogP contribution in [0.25, 0.3) is 0 Å². The van der Waals surface area contributed by atoms with Gasteiger partial charge in [0.25, 0.3) is 0 Å². The molecule has 0 saturated heterocycles. The van der Waals surface area contributed by atoms with Crippen LogP contribution in [-0.2, 0) is 4.79 Å². The smallest absolute Gasteiger partial charge is 0.328 e. The molecular weight excluding hydrogens is 210 g/mol. The van der Waals surface area contributed by atoms with Crippen molar-refractivity contribution in [1.82, 2.24) is 0 Å². The zero-order chi connectivity index (χ0) is 12.6. The maximum absolute atomic E-state index is 10.7. The van der Waals surface area contributed by atoms with Gasteiger partial charge in [-0.15, -0.1) is 0 Å². The minimum absolute atomic E-state index is 0.279. The van der Waals surface area contributed by atoms with Gasteiger partial charge >= 0.3 is 5.97 Å². The molecule has 1 unspecified atom stereocenters. The van der Waals surface area contributed by atoms with Gasteiger partial charge in [0.05, 0.1) is 0 Å². The van der Waals surface area contributed by atoms with Crippen molar-refractivity contribution in [2.75, 3.05) is 0 Å². The highest BCUT2D eigenvalue weighted by molar-refractivity contribution is 5.80. The monoisotopic (exact) mass is 227 g/mol. The van der Waals surface area contributed by atoms with Crippen molar-refractivity contribution in [1.29, 1.82) is 0 Å². The van der Waals surface area contributed by atoms with Crippen LogP contribution < -0.4 is 0 Å². The molecule has 0 aliphatic heterocycles. The van der Waals surface area contributed by atoms with Crippen molar-refractivity contribution in [2.24, 2.45) is 0 Å². The highest BCUT2D eigenvalue weighted by atomic mass is 16.6. The standard InChI is InChI=1S/C11H17NO4/c1-3-5-10(12(15)16)8-9(4-2)6-7-11(13)14/h4,6-7,10H,3,5,8H2,1-2H3,(H,13,14)/b7-6+,9-4-. The van der Waals surface area contributed by atoms with Crippen molar-refractivity contribution >= 4 is 5.97 Å². The molecule has 0 aromatic heterocycles. The predicted octanol–water partition coefficient (Wildman–Crippen LogP) is 2.41.